The fourth-order valence-electron chi connectivity index (χ4n) is 4.91. The van der Waals surface area contributed by atoms with E-state index in [1.807, 2.05) is 28.9 Å². The van der Waals surface area contributed by atoms with E-state index in [4.69, 9.17) is 9.47 Å². The maximum absolute atomic E-state index is 13.2. The molecule has 2 aliphatic heterocycles. The maximum Gasteiger partial charge on any atom is 0.258 e. The van der Waals surface area contributed by atoms with E-state index in [2.05, 4.69) is 20.5 Å². The number of hydrogen-bond acceptors (Lipinski definition) is 6. The molecule has 4 heterocycles. The Labute approximate surface area is 180 Å². The molecule has 0 aliphatic carbocycles. The third-order valence-corrected chi connectivity index (χ3v) is 6.51. The van der Waals surface area contributed by atoms with Gasteiger partial charge in [0, 0.05) is 17.5 Å². The molecular formula is C22H29N6O3+. The van der Waals surface area contributed by atoms with Gasteiger partial charge in [-0.3, -0.25) is 4.79 Å². The predicted molar refractivity (Wildman–Crippen MR) is 114 cm³/mol. The van der Waals surface area contributed by atoms with E-state index in [0.29, 0.717) is 12.1 Å². The van der Waals surface area contributed by atoms with Gasteiger partial charge in [-0.05, 0) is 66.8 Å². The van der Waals surface area contributed by atoms with Crippen molar-refractivity contribution in [2.24, 2.45) is 0 Å². The first-order chi connectivity index (χ1) is 15.2. The van der Waals surface area contributed by atoms with E-state index < -0.39 is 0 Å². The number of rotatable bonds is 6. The zero-order valence-corrected chi connectivity index (χ0v) is 17.8. The lowest BCUT2D eigenvalue weighted by Crippen LogP contribution is -3.13. The van der Waals surface area contributed by atoms with Crippen LogP contribution in [-0.4, -0.2) is 58.1 Å². The summed E-state index contributed by atoms with van der Waals surface area (Å²) >= 11 is 0. The minimum atomic E-state index is -0.226. The number of H-pyrrole nitrogens is 1. The van der Waals surface area contributed by atoms with E-state index in [0.717, 1.165) is 67.9 Å². The van der Waals surface area contributed by atoms with E-state index >= 15 is 0 Å². The van der Waals surface area contributed by atoms with Gasteiger partial charge in [-0.25, -0.2) is 4.68 Å². The standard InChI is InChI=1S/C22H28N6O3/c1-30-16-7-8-19-15(12-16)13-18(22(29)23-19)20(27-9-3-2-4-10-27)21-24-25-26-28(21)14-17-6-5-11-31-17/h7-8,12-13,17,20H,2-6,9-11,14H2,1H3,(H,23,29)/p+1/t17-,20-/m0/s1. The van der Waals surface area contributed by atoms with Crippen molar-refractivity contribution in [3.63, 3.8) is 0 Å². The van der Waals surface area contributed by atoms with Crippen LogP contribution >= 0.6 is 0 Å². The minimum Gasteiger partial charge on any atom is -0.497 e. The number of fused-ring (bicyclic) bond motifs is 1. The van der Waals surface area contributed by atoms with Crippen molar-refractivity contribution < 1.29 is 14.4 Å². The highest BCUT2D eigenvalue weighted by Crippen LogP contribution is 2.23. The minimum absolute atomic E-state index is 0.0904. The van der Waals surface area contributed by atoms with Crippen molar-refractivity contribution in [2.75, 3.05) is 26.8 Å². The number of aromatic amines is 1. The lowest BCUT2D eigenvalue weighted by molar-refractivity contribution is -0.931. The van der Waals surface area contributed by atoms with E-state index in [1.54, 1.807) is 7.11 Å². The summed E-state index contributed by atoms with van der Waals surface area (Å²) in [6, 6.07) is 7.44. The van der Waals surface area contributed by atoms with Crippen molar-refractivity contribution in [1.29, 1.82) is 0 Å². The number of methoxy groups -OCH3 is 1. The summed E-state index contributed by atoms with van der Waals surface area (Å²) in [6.07, 6.45) is 5.70. The van der Waals surface area contributed by atoms with Gasteiger partial charge in [0.25, 0.3) is 5.56 Å². The fourth-order valence-corrected chi connectivity index (χ4v) is 4.91. The maximum atomic E-state index is 13.2. The molecule has 9 nitrogen and oxygen atoms in total. The molecule has 1 aromatic carbocycles. The first-order valence-electron chi connectivity index (χ1n) is 11.2. The first-order valence-corrected chi connectivity index (χ1v) is 11.2. The lowest BCUT2D eigenvalue weighted by Gasteiger charge is -2.30. The number of quaternary nitrogens is 1. The molecule has 2 atom stereocenters. The molecule has 2 saturated heterocycles. The number of tetrazole rings is 1. The van der Waals surface area contributed by atoms with Crippen molar-refractivity contribution in [3.8, 4) is 5.75 Å². The van der Waals surface area contributed by atoms with Crippen LogP contribution < -0.4 is 15.2 Å². The quantitative estimate of drug-likeness (QED) is 0.608. The molecule has 2 fully saturated rings. The van der Waals surface area contributed by atoms with Crippen molar-refractivity contribution in [2.45, 2.75) is 50.8 Å². The molecule has 0 unspecified atom stereocenters. The van der Waals surface area contributed by atoms with Crippen LogP contribution in [0.2, 0.25) is 0 Å². The summed E-state index contributed by atoms with van der Waals surface area (Å²) in [5.74, 6) is 1.50. The number of likely N-dealkylation sites (tertiary alicyclic amines) is 1. The molecule has 5 rings (SSSR count). The highest BCUT2D eigenvalue weighted by Gasteiger charge is 2.35. The summed E-state index contributed by atoms with van der Waals surface area (Å²) in [7, 11) is 1.65. The predicted octanol–water partition coefficient (Wildman–Crippen LogP) is 0.860. The van der Waals surface area contributed by atoms with Gasteiger partial charge in [0.2, 0.25) is 5.82 Å². The highest BCUT2D eigenvalue weighted by molar-refractivity contribution is 5.80. The van der Waals surface area contributed by atoms with Gasteiger partial charge in [-0.2, -0.15) is 0 Å². The molecule has 2 N–H and O–H groups in total. The third-order valence-electron chi connectivity index (χ3n) is 6.51. The van der Waals surface area contributed by atoms with Gasteiger partial charge in [0.1, 0.15) is 5.75 Å². The Hall–Kier alpha value is -2.78. The Morgan fingerprint density at radius 2 is 2.13 bits per heavy atom. The van der Waals surface area contributed by atoms with Crippen LogP contribution in [0.3, 0.4) is 0 Å². The first kappa shape index (κ1) is 20.1. The van der Waals surface area contributed by atoms with E-state index in [9.17, 15) is 4.79 Å². The topological polar surface area (TPSA) is 99.4 Å². The number of aromatic nitrogens is 5. The van der Waals surface area contributed by atoms with Gasteiger partial charge in [0.15, 0.2) is 6.04 Å². The second-order valence-electron chi connectivity index (χ2n) is 8.51. The SMILES string of the molecule is COc1ccc2[nH]c(=O)c([C@@H](c3nnnn3C[C@@H]3CCCO3)[NH+]3CCCCC3)cc2c1. The number of piperidine rings is 1. The smallest absolute Gasteiger partial charge is 0.258 e. The Morgan fingerprint density at radius 1 is 1.26 bits per heavy atom. The Bertz CT molecular complexity index is 1100. The number of hydrogen-bond donors (Lipinski definition) is 2. The molecule has 31 heavy (non-hydrogen) atoms. The second-order valence-corrected chi connectivity index (χ2v) is 8.51. The summed E-state index contributed by atoms with van der Waals surface area (Å²) < 4.78 is 13.0. The highest BCUT2D eigenvalue weighted by atomic mass is 16.5. The summed E-state index contributed by atoms with van der Waals surface area (Å²) in [5, 5.41) is 13.6. The second kappa shape index (κ2) is 8.76. The number of pyridine rings is 1. The van der Waals surface area contributed by atoms with Crippen LogP contribution in [0.25, 0.3) is 10.9 Å². The molecule has 0 saturated carbocycles. The monoisotopic (exact) mass is 425 g/mol. The largest absolute Gasteiger partial charge is 0.497 e. The van der Waals surface area contributed by atoms with Crippen molar-refractivity contribution in [1.82, 2.24) is 25.2 Å². The fraction of sp³-hybridized carbons (Fsp3) is 0.545. The molecule has 164 valence electrons. The zero-order chi connectivity index (χ0) is 21.2. The summed E-state index contributed by atoms with van der Waals surface area (Å²) in [5.41, 5.74) is 1.40. The van der Waals surface area contributed by atoms with Crippen molar-refractivity contribution >= 4 is 10.9 Å². The number of benzene rings is 1. The zero-order valence-electron chi connectivity index (χ0n) is 17.8. The third kappa shape index (κ3) is 4.07. The Kier molecular flexibility index (Phi) is 5.69. The normalized spacial score (nSPS) is 20.9. The van der Waals surface area contributed by atoms with Gasteiger partial charge in [-0.15, -0.1) is 5.10 Å². The van der Waals surface area contributed by atoms with Crippen LogP contribution in [-0.2, 0) is 11.3 Å². The molecule has 0 amide bonds. The van der Waals surface area contributed by atoms with Crippen LogP contribution in [0, 0.1) is 0 Å². The molecule has 2 aliphatic rings. The number of nitrogens with zero attached hydrogens (tertiary/aromatic N) is 4. The van der Waals surface area contributed by atoms with Crippen LogP contribution in [0.1, 0.15) is 49.5 Å². The molecule has 2 aromatic heterocycles. The molecule has 0 spiro atoms. The van der Waals surface area contributed by atoms with Gasteiger partial charge in [0.05, 0.1) is 38.4 Å². The van der Waals surface area contributed by atoms with Gasteiger partial charge < -0.3 is 19.4 Å². The Balaban J connectivity index is 1.59. The summed E-state index contributed by atoms with van der Waals surface area (Å²) in [4.78, 5) is 17.6. The molecular weight excluding hydrogens is 396 g/mol. The number of nitrogens with one attached hydrogen (secondary N) is 2. The van der Waals surface area contributed by atoms with Crippen LogP contribution in [0.15, 0.2) is 29.1 Å². The van der Waals surface area contributed by atoms with Gasteiger partial charge in [-0.1, -0.05) is 0 Å². The van der Waals surface area contributed by atoms with Crippen LogP contribution in [0.4, 0.5) is 0 Å². The Morgan fingerprint density at radius 3 is 2.90 bits per heavy atom. The molecule has 0 bridgehead atoms. The molecule has 9 heteroatoms. The lowest BCUT2D eigenvalue weighted by atomic mass is 10.0. The van der Waals surface area contributed by atoms with E-state index in [-0.39, 0.29) is 17.7 Å². The van der Waals surface area contributed by atoms with Crippen LogP contribution in [0.5, 0.6) is 5.75 Å². The summed E-state index contributed by atoms with van der Waals surface area (Å²) in [6.45, 7) is 3.39. The van der Waals surface area contributed by atoms with E-state index in [1.165, 1.54) is 11.3 Å². The number of ether oxygens (including phenoxy) is 2. The molecule has 3 aromatic rings. The van der Waals surface area contributed by atoms with Crippen molar-refractivity contribution in [3.05, 3.63) is 46.0 Å². The average molecular weight is 426 g/mol. The van der Waals surface area contributed by atoms with Gasteiger partial charge >= 0.3 is 0 Å². The molecule has 0 radical (unpaired) electrons. The average Bonchev–Trinajstić information content (AvgIpc) is 3.48.